The van der Waals surface area contributed by atoms with Gasteiger partial charge in [0.2, 0.25) is 0 Å². The van der Waals surface area contributed by atoms with Crippen LogP contribution in [-0.4, -0.2) is 43.5 Å². The van der Waals surface area contributed by atoms with Crippen LogP contribution in [0.4, 0.5) is 0 Å². The SMILES string of the molecule is COc1ccc(COc2cc3on(CCN4CCCC4)c(=O)c3cc2OCc2ccc(OC)cc2)cc1. The topological polar surface area (TPSA) is 75.3 Å². The molecule has 0 spiro atoms. The fraction of sp³-hybridized carbons (Fsp3) is 0.345. The van der Waals surface area contributed by atoms with Gasteiger partial charge < -0.3 is 28.4 Å². The lowest BCUT2D eigenvalue weighted by Gasteiger charge is -2.13. The molecule has 1 saturated heterocycles. The van der Waals surface area contributed by atoms with Crippen LogP contribution in [0.1, 0.15) is 24.0 Å². The molecular formula is C29H32N2O6. The number of hydrogen-bond acceptors (Lipinski definition) is 7. The molecule has 1 aliphatic heterocycles. The van der Waals surface area contributed by atoms with Crippen molar-refractivity contribution >= 4 is 11.0 Å². The summed E-state index contributed by atoms with van der Waals surface area (Å²) in [6.45, 7) is 4.09. The molecule has 0 bridgehead atoms. The molecule has 0 saturated carbocycles. The highest BCUT2D eigenvalue weighted by atomic mass is 16.5. The summed E-state index contributed by atoms with van der Waals surface area (Å²) in [5.74, 6) is 2.56. The first-order valence-corrected chi connectivity index (χ1v) is 12.5. The number of benzene rings is 3. The van der Waals surface area contributed by atoms with Crippen molar-refractivity contribution in [2.24, 2.45) is 0 Å². The van der Waals surface area contributed by atoms with Crippen LogP contribution in [-0.2, 0) is 19.8 Å². The monoisotopic (exact) mass is 504 g/mol. The van der Waals surface area contributed by atoms with Gasteiger partial charge in [-0.15, -0.1) is 0 Å². The molecule has 1 aromatic heterocycles. The van der Waals surface area contributed by atoms with Crippen LogP contribution < -0.4 is 24.5 Å². The zero-order valence-corrected chi connectivity index (χ0v) is 21.3. The highest BCUT2D eigenvalue weighted by Crippen LogP contribution is 2.33. The van der Waals surface area contributed by atoms with Crippen molar-refractivity contribution in [2.75, 3.05) is 33.9 Å². The molecule has 194 valence electrons. The van der Waals surface area contributed by atoms with Crippen LogP contribution in [0.15, 0.2) is 70.0 Å². The van der Waals surface area contributed by atoms with Gasteiger partial charge in [-0.1, -0.05) is 24.3 Å². The summed E-state index contributed by atoms with van der Waals surface area (Å²) in [6, 6.07) is 18.8. The predicted octanol–water partition coefficient (Wildman–Crippen LogP) is 4.87. The molecule has 0 atom stereocenters. The quantitative estimate of drug-likeness (QED) is 0.289. The van der Waals surface area contributed by atoms with Crippen LogP contribution in [0, 0.1) is 0 Å². The van der Waals surface area contributed by atoms with Gasteiger partial charge >= 0.3 is 0 Å². The molecule has 37 heavy (non-hydrogen) atoms. The number of methoxy groups -OCH3 is 2. The molecule has 3 aromatic carbocycles. The Balaban J connectivity index is 1.39. The lowest BCUT2D eigenvalue weighted by Crippen LogP contribution is -2.27. The van der Waals surface area contributed by atoms with Crippen molar-refractivity contribution in [3.8, 4) is 23.0 Å². The van der Waals surface area contributed by atoms with Crippen molar-refractivity contribution in [1.29, 1.82) is 0 Å². The summed E-state index contributed by atoms with van der Waals surface area (Å²) in [4.78, 5) is 15.5. The zero-order chi connectivity index (χ0) is 25.6. The van der Waals surface area contributed by atoms with Crippen LogP contribution in [0.25, 0.3) is 11.0 Å². The van der Waals surface area contributed by atoms with Crippen LogP contribution >= 0.6 is 0 Å². The largest absolute Gasteiger partial charge is 0.497 e. The molecule has 0 aliphatic carbocycles. The molecule has 2 heterocycles. The minimum atomic E-state index is -0.162. The highest BCUT2D eigenvalue weighted by molar-refractivity contribution is 5.80. The first kappa shape index (κ1) is 24.8. The number of ether oxygens (including phenoxy) is 4. The first-order valence-electron chi connectivity index (χ1n) is 12.5. The summed E-state index contributed by atoms with van der Waals surface area (Å²) in [6.07, 6.45) is 2.41. The second-order valence-electron chi connectivity index (χ2n) is 9.12. The van der Waals surface area contributed by atoms with E-state index in [-0.39, 0.29) is 5.56 Å². The lowest BCUT2D eigenvalue weighted by atomic mass is 10.2. The fourth-order valence-electron chi connectivity index (χ4n) is 4.46. The number of likely N-dealkylation sites (tertiary alicyclic amines) is 1. The predicted molar refractivity (Wildman–Crippen MR) is 141 cm³/mol. The maximum Gasteiger partial charge on any atom is 0.290 e. The molecule has 0 N–H and O–H groups in total. The summed E-state index contributed by atoms with van der Waals surface area (Å²) >= 11 is 0. The molecule has 1 aliphatic rings. The Morgan fingerprint density at radius 3 is 1.84 bits per heavy atom. The van der Waals surface area contributed by atoms with Crippen molar-refractivity contribution in [3.63, 3.8) is 0 Å². The molecule has 0 radical (unpaired) electrons. The van der Waals surface area contributed by atoms with Gasteiger partial charge in [-0.05, 0) is 61.3 Å². The van der Waals surface area contributed by atoms with E-state index in [0.717, 1.165) is 42.3 Å². The summed E-state index contributed by atoms with van der Waals surface area (Å²) in [5.41, 5.74) is 2.27. The molecular weight excluding hydrogens is 472 g/mol. The third-order valence-electron chi connectivity index (χ3n) is 6.64. The van der Waals surface area contributed by atoms with Crippen molar-refractivity contribution in [2.45, 2.75) is 32.6 Å². The third kappa shape index (κ3) is 5.91. The van der Waals surface area contributed by atoms with E-state index in [1.807, 2.05) is 48.5 Å². The van der Waals surface area contributed by atoms with Crippen LogP contribution in [0.5, 0.6) is 23.0 Å². The van der Waals surface area contributed by atoms with Gasteiger partial charge in [-0.25, -0.2) is 0 Å². The van der Waals surface area contributed by atoms with Crippen LogP contribution in [0.2, 0.25) is 0 Å². The zero-order valence-electron chi connectivity index (χ0n) is 21.3. The van der Waals surface area contributed by atoms with Gasteiger partial charge in [0, 0.05) is 18.7 Å². The third-order valence-corrected chi connectivity index (χ3v) is 6.64. The van der Waals surface area contributed by atoms with Gasteiger partial charge in [0.1, 0.15) is 24.7 Å². The lowest BCUT2D eigenvalue weighted by molar-refractivity contribution is 0.231. The summed E-state index contributed by atoms with van der Waals surface area (Å²) in [7, 11) is 3.27. The molecule has 8 heteroatoms. The maximum atomic E-state index is 13.1. The molecule has 5 rings (SSSR count). The van der Waals surface area contributed by atoms with E-state index < -0.39 is 0 Å². The van der Waals surface area contributed by atoms with Gasteiger partial charge in [0.25, 0.3) is 5.56 Å². The Labute approximate surface area is 215 Å². The number of nitrogens with zero attached hydrogens (tertiary/aromatic N) is 2. The van der Waals surface area contributed by atoms with E-state index in [0.29, 0.717) is 42.2 Å². The number of aromatic nitrogens is 1. The Kier molecular flexibility index (Phi) is 7.65. The van der Waals surface area contributed by atoms with Gasteiger partial charge in [0.15, 0.2) is 17.1 Å². The van der Waals surface area contributed by atoms with Crippen molar-refractivity contribution in [3.05, 3.63) is 82.1 Å². The molecule has 1 fully saturated rings. The van der Waals surface area contributed by atoms with Gasteiger partial charge in [-0.2, -0.15) is 4.74 Å². The maximum absolute atomic E-state index is 13.1. The number of fused-ring (bicyclic) bond motifs is 1. The Hall–Kier alpha value is -3.91. The minimum Gasteiger partial charge on any atom is -0.497 e. The summed E-state index contributed by atoms with van der Waals surface area (Å²) in [5, 5.41) is 0.475. The van der Waals surface area contributed by atoms with E-state index in [9.17, 15) is 4.79 Å². The molecule has 8 nitrogen and oxygen atoms in total. The average molecular weight is 505 g/mol. The first-order chi connectivity index (χ1) is 18.1. The van der Waals surface area contributed by atoms with Gasteiger partial charge in [0.05, 0.1) is 26.2 Å². The highest BCUT2D eigenvalue weighted by Gasteiger charge is 2.18. The Morgan fingerprint density at radius 2 is 1.30 bits per heavy atom. The molecule has 0 unspecified atom stereocenters. The minimum absolute atomic E-state index is 0.162. The standard InChI is InChI=1S/C29H32N2O6/c1-33-23-9-5-21(6-10-23)19-35-27-17-25-26(37-31(29(25)32)16-15-30-13-3-4-14-30)18-28(27)36-20-22-7-11-24(34-2)12-8-22/h5-12,17-18H,3-4,13-16,19-20H2,1-2H3. The Morgan fingerprint density at radius 1 is 0.757 bits per heavy atom. The normalized spacial score (nSPS) is 13.7. The smallest absolute Gasteiger partial charge is 0.290 e. The second-order valence-corrected chi connectivity index (χ2v) is 9.12. The summed E-state index contributed by atoms with van der Waals surface area (Å²) < 4.78 is 30.2. The van der Waals surface area contributed by atoms with Crippen LogP contribution in [0.3, 0.4) is 0 Å². The van der Waals surface area contributed by atoms with E-state index in [1.165, 1.54) is 17.6 Å². The second kappa shape index (κ2) is 11.4. The van der Waals surface area contributed by atoms with Crippen molar-refractivity contribution in [1.82, 2.24) is 9.64 Å². The Bertz CT molecular complexity index is 1370. The fourth-order valence-corrected chi connectivity index (χ4v) is 4.46. The number of rotatable bonds is 11. The number of hydrogen-bond donors (Lipinski definition) is 0. The average Bonchev–Trinajstić information content (AvgIpc) is 3.57. The van der Waals surface area contributed by atoms with E-state index in [4.69, 9.17) is 23.5 Å². The van der Waals surface area contributed by atoms with E-state index in [2.05, 4.69) is 4.90 Å². The molecule has 4 aromatic rings. The van der Waals surface area contributed by atoms with Crippen molar-refractivity contribution < 1.29 is 23.5 Å². The van der Waals surface area contributed by atoms with E-state index >= 15 is 0 Å². The van der Waals surface area contributed by atoms with Gasteiger partial charge in [-0.3, -0.25) is 4.79 Å². The van der Waals surface area contributed by atoms with E-state index in [1.54, 1.807) is 26.4 Å². The molecule has 0 amide bonds.